The highest BCUT2D eigenvalue weighted by atomic mass is 16.5. The fourth-order valence-corrected chi connectivity index (χ4v) is 8.75. The first-order valence-corrected chi connectivity index (χ1v) is 16.2. The number of Topliss-reactive ketones (excluding diaryl/α,β-unsaturated/α-hetero) is 4. The van der Waals surface area contributed by atoms with Gasteiger partial charge >= 0.3 is 5.97 Å². The van der Waals surface area contributed by atoms with E-state index in [1.54, 1.807) is 65.0 Å². The summed E-state index contributed by atoms with van der Waals surface area (Å²) in [5, 5.41) is 46.5. The summed E-state index contributed by atoms with van der Waals surface area (Å²) in [7, 11) is 1.28. The van der Waals surface area contributed by atoms with Gasteiger partial charge < -0.3 is 25.2 Å². The third-order valence-electron chi connectivity index (χ3n) is 10.8. The maximum atomic E-state index is 14.5. The molecular formula is C38H42O10. The third kappa shape index (κ3) is 4.83. The number of rotatable bonds is 8. The molecule has 4 N–H and O–H groups in total. The molecule has 0 bridgehead atoms. The number of ether oxygens (including phenoxy) is 1. The highest BCUT2D eigenvalue weighted by Gasteiger charge is 2.72. The Morgan fingerprint density at radius 3 is 2.29 bits per heavy atom. The molecule has 10 heteroatoms. The van der Waals surface area contributed by atoms with Crippen molar-refractivity contribution in [2.24, 2.45) is 28.6 Å². The molecule has 0 saturated heterocycles. The van der Waals surface area contributed by atoms with Crippen molar-refractivity contribution in [1.29, 1.82) is 0 Å². The van der Waals surface area contributed by atoms with Crippen LogP contribution < -0.4 is 0 Å². The summed E-state index contributed by atoms with van der Waals surface area (Å²) >= 11 is 0. The van der Waals surface area contributed by atoms with Crippen LogP contribution in [-0.2, 0) is 30.3 Å². The molecule has 5 atom stereocenters. The lowest BCUT2D eigenvalue weighted by atomic mass is 9.43. The molecule has 2 aromatic rings. The van der Waals surface area contributed by atoms with Crippen LogP contribution in [0.15, 0.2) is 53.3 Å². The minimum Gasteiger partial charge on any atom is -0.508 e. The number of carbonyl (C=O) groups excluding carboxylic acids is 5. The Balaban J connectivity index is 1.69. The van der Waals surface area contributed by atoms with E-state index in [9.17, 15) is 44.4 Å². The first kappa shape index (κ1) is 34.8. The smallest absolute Gasteiger partial charge is 0.309 e. The Labute approximate surface area is 279 Å². The predicted molar refractivity (Wildman–Crippen MR) is 176 cm³/mol. The molecule has 0 aromatic heterocycles. The molecule has 0 heterocycles. The molecule has 1 fully saturated rings. The number of aliphatic hydroxyl groups is 3. The molecule has 0 amide bonds. The zero-order valence-electron chi connectivity index (χ0n) is 28.3. The minimum absolute atomic E-state index is 0.0310. The van der Waals surface area contributed by atoms with Crippen molar-refractivity contribution in [3.8, 4) is 16.9 Å². The largest absolute Gasteiger partial charge is 0.508 e. The standard InChI is InChI=1S/C38H42O10/c1-8-20(35(46)48-7)15-26(41)22-11-9-10-21(14-22)23-12-13-25(40)28-24(23)16-36(5)17-37(6)29(18(2)3)31(42)27(19(4)39)33(44)38(37,47)34(45)30(36)32(28)43/h9-14,18,20,29,40,43-44,47H,8,15-17H2,1-7H3/t20?,29?,36-,37-,38+/m1/s1. The van der Waals surface area contributed by atoms with Gasteiger partial charge in [-0.2, -0.15) is 0 Å². The summed E-state index contributed by atoms with van der Waals surface area (Å²) in [6.45, 7) is 9.68. The van der Waals surface area contributed by atoms with Crippen LogP contribution in [0.3, 0.4) is 0 Å². The number of phenolic OH excluding ortho intramolecular Hbond substituents is 1. The van der Waals surface area contributed by atoms with Crippen LogP contribution in [0, 0.1) is 28.6 Å². The number of esters is 1. The van der Waals surface area contributed by atoms with Gasteiger partial charge in [0, 0.05) is 34.3 Å². The molecular weight excluding hydrogens is 616 g/mol. The Morgan fingerprint density at radius 2 is 1.71 bits per heavy atom. The van der Waals surface area contributed by atoms with E-state index in [1.807, 2.05) is 0 Å². The molecule has 1 saturated carbocycles. The molecule has 0 spiro atoms. The van der Waals surface area contributed by atoms with Gasteiger partial charge in [0.1, 0.15) is 22.8 Å². The number of methoxy groups -OCH3 is 1. The molecule has 3 aliphatic rings. The van der Waals surface area contributed by atoms with Crippen LogP contribution in [0.5, 0.6) is 5.75 Å². The van der Waals surface area contributed by atoms with Gasteiger partial charge in [-0.25, -0.2) is 0 Å². The number of fused-ring (bicyclic) bond motifs is 3. The highest BCUT2D eigenvalue weighted by molar-refractivity contribution is 6.24. The molecule has 0 radical (unpaired) electrons. The fourth-order valence-electron chi connectivity index (χ4n) is 8.75. The summed E-state index contributed by atoms with van der Waals surface area (Å²) in [5.41, 5.74) is -4.33. The lowest BCUT2D eigenvalue weighted by Crippen LogP contribution is -2.69. The maximum absolute atomic E-state index is 14.5. The normalized spacial score (nSPS) is 27.3. The summed E-state index contributed by atoms with van der Waals surface area (Å²) in [6, 6.07) is 9.79. The van der Waals surface area contributed by atoms with Crippen LogP contribution in [0.25, 0.3) is 16.9 Å². The van der Waals surface area contributed by atoms with Gasteiger partial charge in [0.2, 0.25) is 5.78 Å². The summed E-state index contributed by atoms with van der Waals surface area (Å²) in [5.74, 6) is -7.18. The second-order valence-electron chi connectivity index (χ2n) is 14.3. The van der Waals surface area contributed by atoms with Crippen LogP contribution in [0.1, 0.15) is 82.3 Å². The molecule has 48 heavy (non-hydrogen) atoms. The minimum atomic E-state index is -2.69. The SMILES string of the molecule is CCC(CC(=O)c1cccc(-c2ccc(O)c3c2C[C@]2(C)C[C@]4(C)C(C(C)C)C(=O)C(C(C)=O)=C(O)[C@]4(O)C(=O)C2=C3O)c1)C(=O)OC. The van der Waals surface area contributed by atoms with Crippen LogP contribution >= 0.6 is 0 Å². The Kier molecular flexibility index (Phi) is 8.57. The number of phenols is 1. The number of aliphatic hydroxyl groups excluding tert-OH is 2. The Hall–Kier alpha value is -4.57. The van der Waals surface area contributed by atoms with E-state index in [0.29, 0.717) is 28.7 Å². The predicted octanol–water partition coefficient (Wildman–Crippen LogP) is 5.63. The second-order valence-corrected chi connectivity index (χ2v) is 14.3. The average Bonchev–Trinajstić information content (AvgIpc) is 3.00. The van der Waals surface area contributed by atoms with E-state index in [4.69, 9.17) is 4.74 Å². The van der Waals surface area contributed by atoms with E-state index in [-0.39, 0.29) is 41.9 Å². The van der Waals surface area contributed by atoms with E-state index < -0.39 is 74.6 Å². The van der Waals surface area contributed by atoms with Crippen LogP contribution in [0.4, 0.5) is 0 Å². The molecule has 5 rings (SSSR count). The second kappa shape index (κ2) is 11.8. The first-order chi connectivity index (χ1) is 22.4. The Morgan fingerprint density at radius 1 is 1.04 bits per heavy atom. The van der Waals surface area contributed by atoms with E-state index in [2.05, 4.69) is 0 Å². The molecule has 0 aliphatic heterocycles. The number of hydrogen-bond acceptors (Lipinski definition) is 10. The highest BCUT2D eigenvalue weighted by Crippen LogP contribution is 2.65. The van der Waals surface area contributed by atoms with E-state index >= 15 is 0 Å². The third-order valence-corrected chi connectivity index (χ3v) is 10.8. The fraction of sp³-hybridized carbons (Fsp3) is 0.447. The van der Waals surface area contributed by atoms with Crippen LogP contribution in [0.2, 0.25) is 0 Å². The number of carbonyl (C=O) groups is 5. The van der Waals surface area contributed by atoms with Gasteiger partial charge in [0.15, 0.2) is 23.0 Å². The lowest BCUT2D eigenvalue weighted by molar-refractivity contribution is -0.178. The van der Waals surface area contributed by atoms with Gasteiger partial charge in [0.05, 0.1) is 18.6 Å². The van der Waals surface area contributed by atoms with Gasteiger partial charge in [-0.3, -0.25) is 24.0 Å². The zero-order chi connectivity index (χ0) is 35.7. The van der Waals surface area contributed by atoms with E-state index in [1.165, 1.54) is 13.2 Å². The van der Waals surface area contributed by atoms with Gasteiger partial charge in [-0.05, 0) is 60.9 Å². The number of allylic oxidation sites excluding steroid dienone is 1. The van der Waals surface area contributed by atoms with Crippen molar-refractivity contribution in [2.75, 3.05) is 7.11 Å². The summed E-state index contributed by atoms with van der Waals surface area (Å²) in [4.78, 5) is 66.3. The number of hydrogen-bond donors (Lipinski definition) is 4. The van der Waals surface area contributed by atoms with Crippen molar-refractivity contribution >= 4 is 34.9 Å². The molecule has 10 nitrogen and oxygen atoms in total. The number of ketones is 4. The van der Waals surface area contributed by atoms with Gasteiger partial charge in [-0.15, -0.1) is 0 Å². The van der Waals surface area contributed by atoms with Gasteiger partial charge in [-0.1, -0.05) is 58.9 Å². The van der Waals surface area contributed by atoms with Crippen molar-refractivity contribution in [3.63, 3.8) is 0 Å². The molecule has 3 aliphatic carbocycles. The lowest BCUT2D eigenvalue weighted by Gasteiger charge is -2.59. The monoisotopic (exact) mass is 658 g/mol. The maximum Gasteiger partial charge on any atom is 0.309 e. The van der Waals surface area contributed by atoms with Crippen LogP contribution in [-0.4, -0.2) is 62.2 Å². The van der Waals surface area contributed by atoms with Crippen molar-refractivity contribution in [3.05, 3.63) is 70.0 Å². The molecule has 2 aromatic carbocycles. The first-order valence-electron chi connectivity index (χ1n) is 16.2. The quantitative estimate of drug-likeness (QED) is 0.158. The summed E-state index contributed by atoms with van der Waals surface area (Å²) < 4.78 is 4.84. The van der Waals surface area contributed by atoms with E-state index in [0.717, 1.165) is 6.92 Å². The zero-order valence-corrected chi connectivity index (χ0v) is 28.3. The van der Waals surface area contributed by atoms with Crippen molar-refractivity contribution in [2.45, 2.75) is 72.8 Å². The molecule has 254 valence electrons. The topological polar surface area (TPSA) is 175 Å². The number of aromatic hydroxyl groups is 1. The average molecular weight is 659 g/mol. The Bertz CT molecular complexity index is 1850. The number of benzene rings is 2. The van der Waals surface area contributed by atoms with Crippen molar-refractivity contribution < 1.29 is 49.1 Å². The van der Waals surface area contributed by atoms with Crippen molar-refractivity contribution in [1.82, 2.24) is 0 Å². The summed E-state index contributed by atoms with van der Waals surface area (Å²) in [6.07, 6.45) is 0.432. The van der Waals surface area contributed by atoms with Gasteiger partial charge in [0.25, 0.3) is 0 Å². The molecule has 2 unspecified atom stereocenters.